The Bertz CT molecular complexity index is 591. The van der Waals surface area contributed by atoms with Gasteiger partial charge in [0.05, 0.1) is 11.6 Å². The molecule has 1 aliphatic heterocycles. The highest BCUT2D eigenvalue weighted by Gasteiger charge is 2.19. The Balaban J connectivity index is 0.00000364. The number of rotatable bonds is 8. The SMILES string of the molecule is C=CCN1CCC(NC(=NCC(C)Oc2ccccc2Cl)NCC)CC1.I. The van der Waals surface area contributed by atoms with Gasteiger partial charge in [-0.05, 0) is 38.8 Å². The summed E-state index contributed by atoms with van der Waals surface area (Å²) in [6, 6.07) is 7.97. The molecule has 0 bridgehead atoms. The van der Waals surface area contributed by atoms with E-state index in [-0.39, 0.29) is 30.1 Å². The predicted molar refractivity (Wildman–Crippen MR) is 126 cm³/mol. The van der Waals surface area contributed by atoms with Crippen LogP contribution in [0.15, 0.2) is 41.9 Å². The zero-order valence-corrected chi connectivity index (χ0v) is 19.4. The molecule has 1 unspecified atom stereocenters. The van der Waals surface area contributed by atoms with Crippen LogP contribution in [-0.2, 0) is 0 Å². The minimum atomic E-state index is -0.0557. The summed E-state index contributed by atoms with van der Waals surface area (Å²) >= 11 is 6.15. The van der Waals surface area contributed by atoms with Gasteiger partial charge >= 0.3 is 0 Å². The van der Waals surface area contributed by atoms with E-state index in [0.717, 1.165) is 45.0 Å². The van der Waals surface area contributed by atoms with E-state index in [9.17, 15) is 0 Å². The molecule has 0 spiro atoms. The van der Waals surface area contributed by atoms with E-state index in [1.54, 1.807) is 0 Å². The lowest BCUT2D eigenvalue weighted by molar-refractivity contribution is 0.223. The molecule has 1 aliphatic rings. The second-order valence-electron chi connectivity index (χ2n) is 6.59. The maximum Gasteiger partial charge on any atom is 0.191 e. The van der Waals surface area contributed by atoms with E-state index in [0.29, 0.717) is 23.4 Å². The molecule has 2 N–H and O–H groups in total. The van der Waals surface area contributed by atoms with Crippen molar-refractivity contribution in [2.24, 2.45) is 4.99 Å². The first-order chi connectivity index (χ1) is 12.6. The number of guanidine groups is 1. The Hall–Kier alpha value is -0.990. The lowest BCUT2D eigenvalue weighted by Gasteiger charge is -2.32. The van der Waals surface area contributed by atoms with Crippen LogP contribution >= 0.6 is 35.6 Å². The second kappa shape index (κ2) is 13.2. The summed E-state index contributed by atoms with van der Waals surface area (Å²) in [6.45, 7) is 12.5. The van der Waals surface area contributed by atoms with Gasteiger partial charge in [-0.25, -0.2) is 4.99 Å². The molecule has 0 amide bonds. The van der Waals surface area contributed by atoms with Crippen molar-refractivity contribution in [2.45, 2.75) is 38.8 Å². The third-order valence-corrected chi connectivity index (χ3v) is 4.64. The monoisotopic (exact) mass is 506 g/mol. The van der Waals surface area contributed by atoms with Crippen molar-refractivity contribution in [3.8, 4) is 5.75 Å². The van der Waals surface area contributed by atoms with Crippen LogP contribution in [0.5, 0.6) is 5.75 Å². The van der Waals surface area contributed by atoms with Crippen molar-refractivity contribution in [1.29, 1.82) is 0 Å². The van der Waals surface area contributed by atoms with Gasteiger partial charge in [-0.15, -0.1) is 30.6 Å². The predicted octanol–water partition coefficient (Wildman–Crippen LogP) is 3.93. The summed E-state index contributed by atoms with van der Waals surface area (Å²) in [4.78, 5) is 7.11. The average molecular weight is 507 g/mol. The van der Waals surface area contributed by atoms with Crippen molar-refractivity contribution in [3.05, 3.63) is 41.9 Å². The van der Waals surface area contributed by atoms with Gasteiger partial charge in [0.25, 0.3) is 0 Å². The normalized spacial score (nSPS) is 16.9. The fraction of sp³-hybridized carbons (Fsp3) is 0.550. The number of para-hydroxylation sites is 1. The van der Waals surface area contributed by atoms with Crippen LogP contribution in [-0.4, -0.2) is 55.7 Å². The number of aliphatic imine (C=N–C) groups is 1. The highest BCUT2D eigenvalue weighted by atomic mass is 127. The number of benzene rings is 1. The van der Waals surface area contributed by atoms with Gasteiger partial charge in [0, 0.05) is 32.2 Å². The van der Waals surface area contributed by atoms with E-state index < -0.39 is 0 Å². The van der Waals surface area contributed by atoms with Gasteiger partial charge in [-0.2, -0.15) is 0 Å². The standard InChI is InChI=1S/C20H31ClN4O.HI/c1-4-12-25-13-10-17(11-14-25)24-20(22-5-2)23-15-16(3)26-19-9-7-6-8-18(19)21;/h4,6-9,16-17H,1,5,10-15H2,2-3H3,(H2,22,23,24);1H. The van der Waals surface area contributed by atoms with Gasteiger partial charge in [-0.3, -0.25) is 4.90 Å². The first-order valence-electron chi connectivity index (χ1n) is 9.41. The molecule has 1 fully saturated rings. The molecule has 1 saturated heterocycles. The van der Waals surface area contributed by atoms with E-state index in [1.807, 2.05) is 37.3 Å². The van der Waals surface area contributed by atoms with Crippen molar-refractivity contribution in [1.82, 2.24) is 15.5 Å². The summed E-state index contributed by atoms with van der Waals surface area (Å²) in [5, 5.41) is 7.50. The van der Waals surface area contributed by atoms with Crippen LogP contribution in [0, 0.1) is 0 Å². The molecule has 2 rings (SSSR count). The molecule has 1 aromatic carbocycles. The topological polar surface area (TPSA) is 48.9 Å². The molecule has 0 aromatic heterocycles. The van der Waals surface area contributed by atoms with Crippen LogP contribution in [0.3, 0.4) is 0 Å². The number of piperidine rings is 1. The zero-order chi connectivity index (χ0) is 18.8. The van der Waals surface area contributed by atoms with Gasteiger partial charge in [-0.1, -0.05) is 29.8 Å². The Morgan fingerprint density at radius 1 is 1.41 bits per heavy atom. The number of hydrogen-bond acceptors (Lipinski definition) is 3. The zero-order valence-electron chi connectivity index (χ0n) is 16.3. The molecule has 5 nitrogen and oxygen atoms in total. The summed E-state index contributed by atoms with van der Waals surface area (Å²) in [6.07, 6.45) is 4.15. The molecule has 27 heavy (non-hydrogen) atoms. The first-order valence-corrected chi connectivity index (χ1v) is 9.79. The summed E-state index contributed by atoms with van der Waals surface area (Å²) < 4.78 is 5.89. The second-order valence-corrected chi connectivity index (χ2v) is 6.99. The highest BCUT2D eigenvalue weighted by Crippen LogP contribution is 2.24. The number of hydrogen-bond donors (Lipinski definition) is 2. The van der Waals surface area contributed by atoms with Crippen molar-refractivity contribution in [2.75, 3.05) is 32.7 Å². The summed E-state index contributed by atoms with van der Waals surface area (Å²) in [5.74, 6) is 1.55. The molecule has 152 valence electrons. The number of ether oxygens (including phenoxy) is 1. The Morgan fingerprint density at radius 3 is 2.74 bits per heavy atom. The van der Waals surface area contributed by atoms with Crippen LogP contribution in [0.1, 0.15) is 26.7 Å². The van der Waals surface area contributed by atoms with E-state index >= 15 is 0 Å². The number of halogens is 2. The molecule has 0 radical (unpaired) electrons. The van der Waals surface area contributed by atoms with Gasteiger partial charge in [0.1, 0.15) is 11.9 Å². The van der Waals surface area contributed by atoms with Gasteiger partial charge in [0.15, 0.2) is 5.96 Å². The lowest BCUT2D eigenvalue weighted by Crippen LogP contribution is -2.48. The smallest absolute Gasteiger partial charge is 0.191 e. The van der Waals surface area contributed by atoms with Crippen LogP contribution < -0.4 is 15.4 Å². The number of nitrogens with one attached hydrogen (secondary N) is 2. The van der Waals surface area contributed by atoms with Crippen molar-refractivity contribution < 1.29 is 4.74 Å². The number of nitrogens with zero attached hydrogens (tertiary/aromatic N) is 2. The van der Waals surface area contributed by atoms with Crippen LogP contribution in [0.2, 0.25) is 5.02 Å². The number of likely N-dealkylation sites (tertiary alicyclic amines) is 1. The van der Waals surface area contributed by atoms with E-state index in [4.69, 9.17) is 16.3 Å². The molecule has 1 atom stereocenters. The fourth-order valence-electron chi connectivity index (χ4n) is 2.97. The molecule has 1 heterocycles. The molecule has 7 heteroatoms. The van der Waals surface area contributed by atoms with Crippen molar-refractivity contribution in [3.63, 3.8) is 0 Å². The lowest BCUT2D eigenvalue weighted by atomic mass is 10.1. The minimum Gasteiger partial charge on any atom is -0.487 e. The van der Waals surface area contributed by atoms with Crippen molar-refractivity contribution >= 4 is 41.5 Å². The molecule has 1 aromatic rings. The quantitative estimate of drug-likeness (QED) is 0.243. The fourth-order valence-corrected chi connectivity index (χ4v) is 3.15. The average Bonchev–Trinajstić information content (AvgIpc) is 2.64. The van der Waals surface area contributed by atoms with Gasteiger partial charge < -0.3 is 15.4 Å². The minimum absolute atomic E-state index is 0. The highest BCUT2D eigenvalue weighted by molar-refractivity contribution is 14.0. The third-order valence-electron chi connectivity index (χ3n) is 4.33. The van der Waals surface area contributed by atoms with Crippen LogP contribution in [0.25, 0.3) is 0 Å². The summed E-state index contributed by atoms with van der Waals surface area (Å²) in [5.41, 5.74) is 0. The summed E-state index contributed by atoms with van der Waals surface area (Å²) in [7, 11) is 0. The molecule has 0 saturated carbocycles. The third kappa shape index (κ3) is 8.70. The van der Waals surface area contributed by atoms with E-state index in [1.165, 1.54) is 0 Å². The Labute approximate surface area is 185 Å². The Kier molecular flexibility index (Phi) is 11.8. The largest absolute Gasteiger partial charge is 0.487 e. The van der Waals surface area contributed by atoms with Gasteiger partial charge in [0.2, 0.25) is 0 Å². The maximum absolute atomic E-state index is 6.15. The Morgan fingerprint density at radius 2 is 2.11 bits per heavy atom. The van der Waals surface area contributed by atoms with E-state index in [2.05, 4.69) is 34.0 Å². The molecular weight excluding hydrogens is 475 g/mol. The first kappa shape index (κ1) is 24.0. The molecular formula is C20H32ClIN4O. The molecule has 0 aliphatic carbocycles. The van der Waals surface area contributed by atoms with Crippen LogP contribution in [0.4, 0.5) is 0 Å². The maximum atomic E-state index is 6.15.